The lowest BCUT2D eigenvalue weighted by Gasteiger charge is -2.26. The van der Waals surface area contributed by atoms with Gasteiger partial charge < -0.3 is 9.84 Å². The Morgan fingerprint density at radius 1 is 1.33 bits per heavy atom. The lowest BCUT2D eigenvalue weighted by atomic mass is 10.2. The zero-order valence-electron chi connectivity index (χ0n) is 10.3. The number of rotatable bonds is 3. The number of aryl methyl sites for hydroxylation is 1. The summed E-state index contributed by atoms with van der Waals surface area (Å²) in [4.78, 5) is 0.274. The van der Waals surface area contributed by atoms with Gasteiger partial charge in [0.25, 0.3) is 0 Å². The van der Waals surface area contributed by atoms with Gasteiger partial charge in [0.15, 0.2) is 0 Å². The molecule has 0 saturated carbocycles. The fourth-order valence-electron chi connectivity index (χ4n) is 1.95. The van der Waals surface area contributed by atoms with Crippen LogP contribution in [0.15, 0.2) is 23.1 Å². The molecule has 6 heteroatoms. The number of aliphatic hydroxyl groups is 1. The third kappa shape index (κ3) is 2.56. The molecule has 1 aliphatic rings. The number of aliphatic hydroxyl groups excluding tert-OH is 1. The van der Waals surface area contributed by atoms with E-state index < -0.39 is 10.0 Å². The molecule has 0 atom stereocenters. The van der Waals surface area contributed by atoms with Crippen molar-refractivity contribution in [3.8, 4) is 0 Å². The first kappa shape index (κ1) is 13.5. The molecule has 5 nitrogen and oxygen atoms in total. The van der Waals surface area contributed by atoms with E-state index in [2.05, 4.69) is 0 Å². The number of ether oxygens (including phenoxy) is 1. The first-order chi connectivity index (χ1) is 8.55. The van der Waals surface area contributed by atoms with E-state index in [1.165, 1.54) is 4.31 Å². The maximum atomic E-state index is 12.5. The fraction of sp³-hybridized carbons (Fsp3) is 0.500. The van der Waals surface area contributed by atoms with Gasteiger partial charge in [0.05, 0.1) is 24.7 Å². The molecule has 1 N–H and O–H groups in total. The van der Waals surface area contributed by atoms with Crippen LogP contribution < -0.4 is 0 Å². The van der Waals surface area contributed by atoms with Crippen LogP contribution in [0.1, 0.15) is 11.1 Å². The smallest absolute Gasteiger partial charge is 0.243 e. The summed E-state index contributed by atoms with van der Waals surface area (Å²) >= 11 is 0. The van der Waals surface area contributed by atoms with E-state index in [0.29, 0.717) is 37.4 Å². The average molecular weight is 271 g/mol. The highest BCUT2D eigenvalue weighted by Crippen LogP contribution is 2.22. The second-order valence-corrected chi connectivity index (χ2v) is 6.18. The van der Waals surface area contributed by atoms with E-state index in [1.54, 1.807) is 25.1 Å². The third-order valence-electron chi connectivity index (χ3n) is 3.02. The summed E-state index contributed by atoms with van der Waals surface area (Å²) in [6, 6.07) is 4.99. The van der Waals surface area contributed by atoms with E-state index in [4.69, 9.17) is 9.84 Å². The molecule has 1 fully saturated rings. The Hall–Kier alpha value is -0.950. The van der Waals surface area contributed by atoms with Crippen molar-refractivity contribution >= 4 is 10.0 Å². The van der Waals surface area contributed by atoms with E-state index in [0.717, 1.165) is 0 Å². The van der Waals surface area contributed by atoms with Crippen molar-refractivity contribution in [2.45, 2.75) is 18.4 Å². The highest BCUT2D eigenvalue weighted by Gasteiger charge is 2.27. The van der Waals surface area contributed by atoms with E-state index >= 15 is 0 Å². The molecule has 0 radical (unpaired) electrons. The lowest BCUT2D eigenvalue weighted by Crippen LogP contribution is -2.40. The standard InChI is InChI=1S/C12H17NO4S/c1-10-2-3-11(9-14)8-12(10)18(15,16)13-4-6-17-7-5-13/h2-3,8,14H,4-7,9H2,1H3. The molecule has 1 heterocycles. The number of nitrogens with zero attached hydrogens (tertiary/aromatic N) is 1. The molecule has 1 aliphatic heterocycles. The van der Waals surface area contributed by atoms with Gasteiger partial charge in [-0.05, 0) is 24.1 Å². The van der Waals surface area contributed by atoms with Crippen LogP contribution in [0, 0.1) is 6.92 Å². The van der Waals surface area contributed by atoms with E-state index in [-0.39, 0.29) is 11.5 Å². The molecule has 1 aromatic rings. The van der Waals surface area contributed by atoms with Gasteiger partial charge in [-0.3, -0.25) is 0 Å². The number of sulfonamides is 1. The third-order valence-corrected chi connectivity index (χ3v) is 5.06. The van der Waals surface area contributed by atoms with Crippen LogP contribution in [0.25, 0.3) is 0 Å². The molecule has 0 unspecified atom stereocenters. The zero-order valence-corrected chi connectivity index (χ0v) is 11.1. The van der Waals surface area contributed by atoms with Crippen LogP contribution in [0.5, 0.6) is 0 Å². The van der Waals surface area contributed by atoms with Crippen LogP contribution in [0.4, 0.5) is 0 Å². The lowest BCUT2D eigenvalue weighted by molar-refractivity contribution is 0.0730. The Labute approximate surface area is 107 Å². The molecule has 0 bridgehead atoms. The summed E-state index contributed by atoms with van der Waals surface area (Å²) in [6.07, 6.45) is 0. The van der Waals surface area contributed by atoms with Crippen LogP contribution in [-0.2, 0) is 21.4 Å². The predicted octanol–water partition coefficient (Wildman–Crippen LogP) is 0.508. The molecular weight excluding hydrogens is 254 g/mol. The Balaban J connectivity index is 2.39. The molecule has 1 aromatic carbocycles. The quantitative estimate of drug-likeness (QED) is 0.870. The van der Waals surface area contributed by atoms with Crippen molar-refractivity contribution in [1.29, 1.82) is 0 Å². The maximum absolute atomic E-state index is 12.5. The predicted molar refractivity (Wildman–Crippen MR) is 66.7 cm³/mol. The van der Waals surface area contributed by atoms with Gasteiger partial charge in [0.1, 0.15) is 0 Å². The van der Waals surface area contributed by atoms with Crippen molar-refractivity contribution in [3.63, 3.8) is 0 Å². The highest BCUT2D eigenvalue weighted by atomic mass is 32.2. The molecule has 100 valence electrons. The topological polar surface area (TPSA) is 66.8 Å². The SMILES string of the molecule is Cc1ccc(CO)cc1S(=O)(=O)N1CCOCC1. The van der Waals surface area contributed by atoms with Gasteiger partial charge in [-0.1, -0.05) is 12.1 Å². The van der Waals surface area contributed by atoms with Crippen molar-refractivity contribution in [2.24, 2.45) is 0 Å². The summed E-state index contributed by atoms with van der Waals surface area (Å²) in [6.45, 7) is 3.21. The summed E-state index contributed by atoms with van der Waals surface area (Å²) in [7, 11) is -3.48. The van der Waals surface area contributed by atoms with Gasteiger partial charge in [-0.25, -0.2) is 8.42 Å². The Kier molecular flexibility index (Phi) is 4.01. The molecule has 0 spiro atoms. The minimum atomic E-state index is -3.48. The monoisotopic (exact) mass is 271 g/mol. The molecule has 0 amide bonds. The molecule has 0 aromatic heterocycles. The number of hydrogen-bond acceptors (Lipinski definition) is 4. The first-order valence-corrected chi connectivity index (χ1v) is 7.28. The highest BCUT2D eigenvalue weighted by molar-refractivity contribution is 7.89. The van der Waals surface area contributed by atoms with Gasteiger partial charge in [0, 0.05) is 13.1 Å². The van der Waals surface area contributed by atoms with Crippen LogP contribution in [0.3, 0.4) is 0 Å². The van der Waals surface area contributed by atoms with Crippen LogP contribution in [-0.4, -0.2) is 44.1 Å². The molecule has 1 saturated heterocycles. The Morgan fingerprint density at radius 3 is 2.61 bits per heavy atom. The van der Waals surface area contributed by atoms with Crippen molar-refractivity contribution in [2.75, 3.05) is 26.3 Å². The number of hydrogen-bond donors (Lipinski definition) is 1. The maximum Gasteiger partial charge on any atom is 0.243 e. The van der Waals surface area contributed by atoms with Gasteiger partial charge in [-0.15, -0.1) is 0 Å². The zero-order chi connectivity index (χ0) is 13.2. The Morgan fingerprint density at radius 2 is 2.00 bits per heavy atom. The second kappa shape index (κ2) is 5.36. The van der Waals surface area contributed by atoms with Crippen LogP contribution >= 0.6 is 0 Å². The first-order valence-electron chi connectivity index (χ1n) is 5.84. The van der Waals surface area contributed by atoms with Gasteiger partial charge >= 0.3 is 0 Å². The molecule has 2 rings (SSSR count). The normalized spacial score (nSPS) is 17.9. The summed E-state index contributed by atoms with van der Waals surface area (Å²) in [5.41, 5.74) is 1.30. The minimum Gasteiger partial charge on any atom is -0.392 e. The molecule has 0 aliphatic carbocycles. The average Bonchev–Trinajstić information content (AvgIpc) is 2.40. The molecular formula is C12H17NO4S. The van der Waals surface area contributed by atoms with Crippen LogP contribution in [0.2, 0.25) is 0 Å². The van der Waals surface area contributed by atoms with E-state index in [1.807, 2.05) is 0 Å². The summed E-state index contributed by atoms with van der Waals surface area (Å²) < 4.78 is 31.5. The number of morpholine rings is 1. The Bertz CT molecular complexity index is 521. The molecule has 18 heavy (non-hydrogen) atoms. The number of benzene rings is 1. The van der Waals surface area contributed by atoms with Gasteiger partial charge in [0.2, 0.25) is 10.0 Å². The van der Waals surface area contributed by atoms with Crippen molar-refractivity contribution < 1.29 is 18.3 Å². The largest absolute Gasteiger partial charge is 0.392 e. The summed E-state index contributed by atoms with van der Waals surface area (Å²) in [5.74, 6) is 0. The second-order valence-electron chi connectivity index (χ2n) is 4.27. The fourth-order valence-corrected chi connectivity index (χ4v) is 3.63. The minimum absolute atomic E-state index is 0.161. The van der Waals surface area contributed by atoms with Gasteiger partial charge in [-0.2, -0.15) is 4.31 Å². The van der Waals surface area contributed by atoms with Crippen molar-refractivity contribution in [1.82, 2.24) is 4.31 Å². The summed E-state index contributed by atoms with van der Waals surface area (Å²) in [5, 5.41) is 9.10. The van der Waals surface area contributed by atoms with Crippen molar-refractivity contribution in [3.05, 3.63) is 29.3 Å². The van der Waals surface area contributed by atoms with E-state index in [9.17, 15) is 8.42 Å².